The lowest BCUT2D eigenvalue weighted by Crippen LogP contribution is -2.47. The third-order valence-electron chi connectivity index (χ3n) is 8.06. The summed E-state index contributed by atoms with van der Waals surface area (Å²) in [6, 6.07) is 1.70. The molecule has 37 heavy (non-hydrogen) atoms. The smallest absolute Gasteiger partial charge is 0.242 e. The van der Waals surface area contributed by atoms with Gasteiger partial charge in [0, 0.05) is 30.2 Å². The second-order valence-electron chi connectivity index (χ2n) is 10.9. The Bertz CT molecular complexity index is 1440. The molecular formula is C24H31FN6O4S2. The molecule has 0 amide bonds. The number of hydrogen-bond acceptors (Lipinski definition) is 9. The Morgan fingerprint density at radius 2 is 2.00 bits per heavy atom. The van der Waals surface area contributed by atoms with Crippen molar-refractivity contribution in [1.29, 1.82) is 0 Å². The Kier molecular flexibility index (Phi) is 5.88. The number of alkyl halides is 1. The quantitative estimate of drug-likeness (QED) is 0.480. The first kappa shape index (κ1) is 25.1. The van der Waals surface area contributed by atoms with Crippen LogP contribution >= 0.6 is 11.3 Å². The van der Waals surface area contributed by atoms with E-state index in [1.54, 1.807) is 22.9 Å². The molecule has 2 aliphatic heterocycles. The summed E-state index contributed by atoms with van der Waals surface area (Å²) in [5.41, 5.74) is 0.756. The van der Waals surface area contributed by atoms with Crippen LogP contribution in [0.3, 0.4) is 0 Å². The maximum absolute atomic E-state index is 13.8. The molecule has 3 fully saturated rings. The van der Waals surface area contributed by atoms with E-state index in [-0.39, 0.29) is 21.4 Å². The van der Waals surface area contributed by atoms with E-state index in [2.05, 4.69) is 24.8 Å². The highest BCUT2D eigenvalue weighted by Crippen LogP contribution is 2.44. The molecule has 3 aliphatic rings. The predicted molar refractivity (Wildman–Crippen MR) is 137 cm³/mol. The van der Waals surface area contributed by atoms with E-state index in [0.717, 1.165) is 48.2 Å². The van der Waals surface area contributed by atoms with Crippen LogP contribution in [0.5, 0.6) is 0 Å². The van der Waals surface area contributed by atoms with Gasteiger partial charge in [-0.25, -0.2) is 22.5 Å². The molecule has 1 unspecified atom stereocenters. The van der Waals surface area contributed by atoms with Crippen LogP contribution in [0.15, 0.2) is 23.4 Å². The number of aliphatic hydroxyl groups excluding tert-OH is 1. The Labute approximate surface area is 218 Å². The van der Waals surface area contributed by atoms with Gasteiger partial charge in [0.25, 0.3) is 0 Å². The van der Waals surface area contributed by atoms with Gasteiger partial charge in [0.1, 0.15) is 4.90 Å². The van der Waals surface area contributed by atoms with Crippen molar-refractivity contribution in [2.24, 2.45) is 5.41 Å². The average molecular weight is 551 g/mol. The summed E-state index contributed by atoms with van der Waals surface area (Å²) in [6.07, 6.45) is 4.32. The van der Waals surface area contributed by atoms with Crippen molar-refractivity contribution >= 4 is 32.6 Å². The van der Waals surface area contributed by atoms with Crippen molar-refractivity contribution in [3.8, 4) is 10.8 Å². The molecule has 200 valence electrons. The summed E-state index contributed by atoms with van der Waals surface area (Å²) in [4.78, 5) is 6.82. The first-order valence-electron chi connectivity index (χ1n) is 12.6. The number of rotatable bonds is 6. The molecule has 3 aromatic rings. The monoisotopic (exact) mass is 550 g/mol. The molecule has 3 atom stereocenters. The third kappa shape index (κ3) is 4.34. The van der Waals surface area contributed by atoms with E-state index in [1.807, 2.05) is 13.8 Å². The molecule has 1 saturated carbocycles. The Morgan fingerprint density at radius 3 is 2.59 bits per heavy atom. The number of nitrogens with zero attached hydrogens (tertiary/aromatic N) is 5. The highest BCUT2D eigenvalue weighted by molar-refractivity contribution is 7.89. The maximum atomic E-state index is 13.8. The molecular weight excluding hydrogens is 519 g/mol. The molecule has 0 bridgehead atoms. The van der Waals surface area contributed by atoms with Crippen LogP contribution in [0.25, 0.3) is 16.3 Å². The second kappa shape index (κ2) is 8.67. The van der Waals surface area contributed by atoms with Crippen LogP contribution in [0, 0.1) is 5.41 Å². The SMILES string of the molecule is CC(F)c1nnc(-c2ncc3c(N4CCC5(CC4)CO[C@H](C)[C@H]5O)cc(S(=O)(=O)NC4(C)CC4)cn23)s1. The Hall–Kier alpha value is -2.19. The van der Waals surface area contributed by atoms with Crippen LogP contribution in [0.4, 0.5) is 10.1 Å². The first-order valence-corrected chi connectivity index (χ1v) is 14.9. The zero-order valence-corrected chi connectivity index (χ0v) is 22.6. The van der Waals surface area contributed by atoms with E-state index in [1.165, 1.54) is 6.92 Å². The molecule has 5 heterocycles. The van der Waals surface area contributed by atoms with Gasteiger partial charge in [-0.15, -0.1) is 10.2 Å². The van der Waals surface area contributed by atoms with E-state index >= 15 is 0 Å². The number of imidazole rings is 1. The summed E-state index contributed by atoms with van der Waals surface area (Å²) in [5, 5.41) is 19.5. The van der Waals surface area contributed by atoms with E-state index < -0.39 is 27.8 Å². The van der Waals surface area contributed by atoms with E-state index in [0.29, 0.717) is 30.5 Å². The van der Waals surface area contributed by atoms with Crippen molar-refractivity contribution < 1.29 is 22.7 Å². The molecule has 0 aromatic carbocycles. The minimum Gasteiger partial charge on any atom is -0.390 e. The van der Waals surface area contributed by atoms with Gasteiger partial charge in [-0.3, -0.25) is 4.40 Å². The zero-order valence-electron chi connectivity index (χ0n) is 21.0. The van der Waals surface area contributed by atoms with Gasteiger partial charge >= 0.3 is 0 Å². The van der Waals surface area contributed by atoms with Gasteiger partial charge in [0.2, 0.25) is 10.0 Å². The van der Waals surface area contributed by atoms with Crippen molar-refractivity contribution in [2.45, 2.75) is 75.3 Å². The number of sulfonamides is 1. The number of piperidine rings is 1. The highest BCUT2D eigenvalue weighted by Gasteiger charge is 2.49. The summed E-state index contributed by atoms with van der Waals surface area (Å²) in [7, 11) is -3.81. The number of halogens is 1. The van der Waals surface area contributed by atoms with Gasteiger partial charge in [-0.2, -0.15) is 0 Å². The lowest BCUT2D eigenvalue weighted by atomic mass is 9.74. The Morgan fingerprint density at radius 1 is 1.27 bits per heavy atom. The topological polar surface area (TPSA) is 122 Å². The molecule has 1 aliphatic carbocycles. The molecule has 2 saturated heterocycles. The van der Waals surface area contributed by atoms with Crippen LogP contribution in [-0.2, 0) is 14.8 Å². The van der Waals surface area contributed by atoms with Crippen molar-refractivity contribution in [3.05, 3.63) is 23.5 Å². The number of aliphatic hydroxyl groups is 1. The molecule has 3 aromatic heterocycles. The molecule has 1 spiro atoms. The fourth-order valence-corrected chi connectivity index (χ4v) is 7.62. The third-order valence-corrected chi connectivity index (χ3v) is 10.7. The standard InChI is InChI=1S/C24H31FN6O4S2/c1-14(25)21-27-28-22(36-21)20-26-11-18-17(30-8-6-24(7-9-30)13-35-15(2)19(24)32)10-16(12-31(18)20)37(33,34)29-23(3)4-5-23/h10-12,14-15,19,29,32H,4-9,13H2,1-3H3/t14?,15-,19-/m1/s1. The second-order valence-corrected chi connectivity index (χ2v) is 13.6. The van der Waals surface area contributed by atoms with Crippen molar-refractivity contribution in [3.63, 3.8) is 0 Å². The summed E-state index contributed by atoms with van der Waals surface area (Å²) in [5.74, 6) is 0.414. The number of hydrogen-bond donors (Lipinski definition) is 2. The van der Waals surface area contributed by atoms with Crippen LogP contribution in [0.1, 0.15) is 57.6 Å². The Balaban J connectivity index is 1.42. The number of nitrogens with one attached hydrogen (secondary N) is 1. The fraction of sp³-hybridized carbons (Fsp3) is 0.625. The average Bonchev–Trinajstić information content (AvgIpc) is 3.22. The number of fused-ring (bicyclic) bond motifs is 1. The summed E-state index contributed by atoms with van der Waals surface area (Å²) >= 11 is 1.10. The van der Waals surface area contributed by atoms with Crippen molar-refractivity contribution in [2.75, 3.05) is 24.6 Å². The maximum Gasteiger partial charge on any atom is 0.242 e. The van der Waals surface area contributed by atoms with Crippen molar-refractivity contribution in [1.82, 2.24) is 24.3 Å². The minimum atomic E-state index is -3.81. The van der Waals surface area contributed by atoms with Gasteiger partial charge in [-0.1, -0.05) is 11.3 Å². The molecule has 10 nitrogen and oxygen atoms in total. The minimum absolute atomic E-state index is 0.129. The van der Waals surface area contributed by atoms with Gasteiger partial charge in [0.05, 0.1) is 36.2 Å². The van der Waals surface area contributed by atoms with Crippen LogP contribution < -0.4 is 9.62 Å². The first-order chi connectivity index (χ1) is 17.5. The summed E-state index contributed by atoms with van der Waals surface area (Å²) in [6.45, 7) is 7.00. The molecule has 2 N–H and O–H groups in total. The fourth-order valence-electron chi connectivity index (χ4n) is 5.38. The molecule has 13 heteroatoms. The number of ether oxygens (including phenoxy) is 1. The highest BCUT2D eigenvalue weighted by atomic mass is 32.2. The lowest BCUT2D eigenvalue weighted by Gasteiger charge is -2.41. The largest absolute Gasteiger partial charge is 0.390 e. The van der Waals surface area contributed by atoms with Gasteiger partial charge < -0.3 is 14.7 Å². The molecule has 0 radical (unpaired) electrons. The number of aromatic nitrogens is 4. The number of anilines is 1. The van der Waals surface area contributed by atoms with Gasteiger partial charge in [-0.05, 0) is 52.5 Å². The van der Waals surface area contributed by atoms with Gasteiger partial charge in [0.15, 0.2) is 22.0 Å². The van der Waals surface area contributed by atoms with Crippen LogP contribution in [0.2, 0.25) is 0 Å². The van der Waals surface area contributed by atoms with E-state index in [9.17, 15) is 17.9 Å². The predicted octanol–water partition coefficient (Wildman–Crippen LogP) is 3.08. The zero-order chi connectivity index (χ0) is 26.2. The van der Waals surface area contributed by atoms with E-state index in [4.69, 9.17) is 4.74 Å². The summed E-state index contributed by atoms with van der Waals surface area (Å²) < 4.78 is 51.0. The number of pyridine rings is 1. The van der Waals surface area contributed by atoms with Crippen LogP contribution in [-0.4, -0.2) is 70.5 Å². The molecule has 6 rings (SSSR count). The lowest BCUT2D eigenvalue weighted by molar-refractivity contribution is 0.0250. The normalized spacial score (nSPS) is 25.7.